The van der Waals surface area contributed by atoms with Crippen molar-refractivity contribution in [2.45, 2.75) is 19.8 Å². The third-order valence-electron chi connectivity index (χ3n) is 3.96. The lowest BCUT2D eigenvalue weighted by molar-refractivity contribution is 0.363. The van der Waals surface area contributed by atoms with Crippen LogP contribution in [0.3, 0.4) is 0 Å². The highest BCUT2D eigenvalue weighted by Crippen LogP contribution is 2.17. The molecule has 0 aliphatic heterocycles. The minimum Gasteiger partial charge on any atom is -0.489 e. The minimum atomic E-state index is 0.490. The van der Waals surface area contributed by atoms with E-state index in [2.05, 4.69) is 54.5 Å². The molecule has 2 N–H and O–H groups in total. The molecule has 0 bridgehead atoms. The summed E-state index contributed by atoms with van der Waals surface area (Å²) in [5.41, 5.74) is 2.28. The SMILES string of the molecule is C=CCOc1cccc(NC(=S)NC[C@H](CC)Cc2ccccc2)c1. The summed E-state index contributed by atoms with van der Waals surface area (Å²) in [6, 6.07) is 18.3. The van der Waals surface area contributed by atoms with Crippen LogP contribution >= 0.6 is 12.2 Å². The summed E-state index contributed by atoms with van der Waals surface area (Å²) < 4.78 is 5.54. The number of benzene rings is 2. The number of anilines is 1. The Morgan fingerprint density at radius 1 is 1.20 bits per heavy atom. The Labute approximate surface area is 156 Å². The number of ether oxygens (including phenoxy) is 1. The summed E-state index contributed by atoms with van der Waals surface area (Å²) in [6.45, 7) is 7.21. The van der Waals surface area contributed by atoms with E-state index < -0.39 is 0 Å². The van der Waals surface area contributed by atoms with Gasteiger partial charge in [-0.1, -0.05) is 62.4 Å². The monoisotopic (exact) mass is 354 g/mol. The van der Waals surface area contributed by atoms with Crippen molar-refractivity contribution in [2.75, 3.05) is 18.5 Å². The summed E-state index contributed by atoms with van der Waals surface area (Å²) in [5, 5.41) is 7.18. The zero-order valence-electron chi connectivity index (χ0n) is 14.7. The molecule has 0 fully saturated rings. The lowest BCUT2D eigenvalue weighted by atomic mass is 9.97. The quantitative estimate of drug-likeness (QED) is 0.500. The highest BCUT2D eigenvalue weighted by atomic mass is 32.1. The molecule has 0 radical (unpaired) electrons. The highest BCUT2D eigenvalue weighted by Gasteiger charge is 2.08. The molecule has 132 valence electrons. The molecule has 2 aromatic carbocycles. The Kier molecular flexibility index (Phi) is 7.99. The van der Waals surface area contributed by atoms with Crippen LogP contribution in [0.25, 0.3) is 0 Å². The first kappa shape index (κ1) is 19.0. The van der Waals surface area contributed by atoms with Crippen molar-refractivity contribution >= 4 is 23.0 Å². The second-order valence-electron chi connectivity index (χ2n) is 5.93. The third-order valence-corrected chi connectivity index (χ3v) is 4.20. The van der Waals surface area contributed by atoms with E-state index in [1.165, 1.54) is 5.56 Å². The van der Waals surface area contributed by atoms with Gasteiger partial charge in [0, 0.05) is 18.3 Å². The predicted octanol–water partition coefficient (Wildman–Crippen LogP) is 4.81. The van der Waals surface area contributed by atoms with Crippen LogP contribution in [-0.4, -0.2) is 18.3 Å². The number of nitrogens with one attached hydrogen (secondary N) is 2. The van der Waals surface area contributed by atoms with Crippen LogP contribution in [0.2, 0.25) is 0 Å². The van der Waals surface area contributed by atoms with Crippen molar-refractivity contribution in [1.29, 1.82) is 0 Å². The molecule has 0 unspecified atom stereocenters. The van der Waals surface area contributed by atoms with Gasteiger partial charge >= 0.3 is 0 Å². The van der Waals surface area contributed by atoms with Crippen LogP contribution < -0.4 is 15.4 Å². The summed E-state index contributed by atoms with van der Waals surface area (Å²) in [4.78, 5) is 0. The first-order chi connectivity index (χ1) is 12.2. The van der Waals surface area contributed by atoms with Gasteiger partial charge in [-0.2, -0.15) is 0 Å². The highest BCUT2D eigenvalue weighted by molar-refractivity contribution is 7.80. The molecular weight excluding hydrogens is 328 g/mol. The van der Waals surface area contributed by atoms with E-state index >= 15 is 0 Å². The van der Waals surface area contributed by atoms with Crippen LogP contribution in [0.5, 0.6) is 5.75 Å². The maximum absolute atomic E-state index is 5.54. The van der Waals surface area contributed by atoms with Crippen LogP contribution in [-0.2, 0) is 6.42 Å². The van der Waals surface area contributed by atoms with Gasteiger partial charge in [-0.15, -0.1) is 0 Å². The van der Waals surface area contributed by atoms with Crippen LogP contribution in [0.1, 0.15) is 18.9 Å². The second-order valence-corrected chi connectivity index (χ2v) is 6.33. The molecule has 2 rings (SSSR count). The van der Waals surface area contributed by atoms with Gasteiger partial charge in [0.15, 0.2) is 5.11 Å². The molecule has 0 amide bonds. The van der Waals surface area contributed by atoms with Gasteiger partial charge in [0.1, 0.15) is 12.4 Å². The Morgan fingerprint density at radius 2 is 2.00 bits per heavy atom. The van der Waals surface area contributed by atoms with Crippen molar-refractivity contribution in [2.24, 2.45) is 5.92 Å². The van der Waals surface area contributed by atoms with E-state index in [1.54, 1.807) is 6.08 Å². The molecule has 3 nitrogen and oxygen atoms in total. The van der Waals surface area contributed by atoms with E-state index in [0.29, 0.717) is 17.6 Å². The molecule has 2 aromatic rings. The molecule has 25 heavy (non-hydrogen) atoms. The van der Waals surface area contributed by atoms with Gasteiger partial charge in [-0.25, -0.2) is 0 Å². The summed E-state index contributed by atoms with van der Waals surface area (Å²) >= 11 is 5.42. The van der Waals surface area contributed by atoms with Crippen molar-refractivity contribution in [3.8, 4) is 5.75 Å². The van der Waals surface area contributed by atoms with Crippen LogP contribution in [0, 0.1) is 5.92 Å². The van der Waals surface area contributed by atoms with Crippen molar-refractivity contribution in [1.82, 2.24) is 5.32 Å². The average molecular weight is 355 g/mol. The zero-order valence-corrected chi connectivity index (χ0v) is 15.5. The van der Waals surface area contributed by atoms with Gasteiger partial charge in [0.05, 0.1) is 0 Å². The first-order valence-electron chi connectivity index (χ1n) is 8.63. The fraction of sp³-hybridized carbons (Fsp3) is 0.286. The summed E-state index contributed by atoms with van der Waals surface area (Å²) in [5.74, 6) is 1.34. The standard InChI is InChI=1S/C21H26N2OS/c1-3-13-24-20-12-8-11-19(15-20)23-21(25)22-16-17(4-2)14-18-9-6-5-7-10-18/h3,5-12,15,17H,1,4,13-14,16H2,2H3,(H2,22,23,25)/t17-/m1/s1. The summed E-state index contributed by atoms with van der Waals surface area (Å²) in [6.07, 6.45) is 3.89. The lowest BCUT2D eigenvalue weighted by Crippen LogP contribution is -2.33. The third kappa shape index (κ3) is 6.98. The molecule has 0 heterocycles. The van der Waals surface area contributed by atoms with Crippen LogP contribution in [0.4, 0.5) is 5.69 Å². The number of thiocarbonyl (C=S) groups is 1. The molecule has 0 aliphatic carbocycles. The van der Waals surface area contributed by atoms with E-state index in [4.69, 9.17) is 17.0 Å². The zero-order chi connectivity index (χ0) is 17.9. The van der Waals surface area contributed by atoms with Gasteiger partial charge < -0.3 is 15.4 Å². The fourth-order valence-corrected chi connectivity index (χ4v) is 2.74. The summed E-state index contributed by atoms with van der Waals surface area (Å²) in [7, 11) is 0. The topological polar surface area (TPSA) is 33.3 Å². The Bertz CT molecular complexity index is 673. The van der Waals surface area contributed by atoms with Crippen molar-refractivity contribution in [3.05, 3.63) is 72.8 Å². The minimum absolute atomic E-state index is 0.490. The van der Waals surface area contributed by atoms with Gasteiger partial charge in [0.25, 0.3) is 0 Å². The van der Waals surface area contributed by atoms with E-state index in [0.717, 1.165) is 30.8 Å². The van der Waals surface area contributed by atoms with Gasteiger partial charge in [-0.3, -0.25) is 0 Å². The van der Waals surface area contributed by atoms with Crippen LogP contribution in [0.15, 0.2) is 67.3 Å². The largest absolute Gasteiger partial charge is 0.489 e. The Hall–Kier alpha value is -2.33. The molecule has 4 heteroatoms. The molecular formula is C21H26N2OS. The average Bonchev–Trinajstić information content (AvgIpc) is 2.64. The molecule has 0 aliphatic rings. The fourth-order valence-electron chi connectivity index (χ4n) is 2.54. The second kappa shape index (κ2) is 10.5. The number of hydrogen-bond donors (Lipinski definition) is 2. The molecule has 0 aromatic heterocycles. The number of rotatable bonds is 9. The van der Waals surface area contributed by atoms with Gasteiger partial charge in [0.2, 0.25) is 0 Å². The molecule has 0 saturated carbocycles. The molecule has 1 atom stereocenters. The Morgan fingerprint density at radius 3 is 2.72 bits per heavy atom. The maximum Gasteiger partial charge on any atom is 0.170 e. The lowest BCUT2D eigenvalue weighted by Gasteiger charge is -2.18. The molecule has 0 spiro atoms. The normalized spacial score (nSPS) is 11.4. The van der Waals surface area contributed by atoms with E-state index in [1.807, 2.05) is 24.3 Å². The number of hydrogen-bond acceptors (Lipinski definition) is 2. The van der Waals surface area contributed by atoms with E-state index in [-0.39, 0.29) is 0 Å². The van der Waals surface area contributed by atoms with Gasteiger partial charge in [-0.05, 0) is 42.3 Å². The molecule has 0 saturated heterocycles. The van der Waals surface area contributed by atoms with Crippen molar-refractivity contribution in [3.63, 3.8) is 0 Å². The smallest absolute Gasteiger partial charge is 0.170 e. The predicted molar refractivity (Wildman–Crippen MR) is 110 cm³/mol. The Balaban J connectivity index is 1.82. The first-order valence-corrected chi connectivity index (χ1v) is 9.04. The van der Waals surface area contributed by atoms with Crippen molar-refractivity contribution < 1.29 is 4.74 Å². The maximum atomic E-state index is 5.54. The van der Waals surface area contributed by atoms with E-state index in [9.17, 15) is 0 Å².